The lowest BCUT2D eigenvalue weighted by Crippen LogP contribution is -2.49. The van der Waals surface area contributed by atoms with Crippen LogP contribution >= 0.6 is 0 Å². The van der Waals surface area contributed by atoms with Crippen LogP contribution in [0.25, 0.3) is 0 Å². The van der Waals surface area contributed by atoms with Crippen molar-refractivity contribution < 1.29 is 27.5 Å². The Hall–Kier alpha value is -3.27. The Kier molecular flexibility index (Phi) is 11.0. The Morgan fingerprint density at radius 2 is 1.50 bits per heavy atom. The Balaban J connectivity index is 2.19. The SMILES string of the molecule is CCNC(=O)[C@@H](CC)N(Cc1ccc(OC)cc1)C(=O)CCCN(c1ccc(OC)cc1)S(C)(=O)=O. The first kappa shape index (κ1) is 29.0. The molecule has 0 heterocycles. The summed E-state index contributed by atoms with van der Waals surface area (Å²) in [7, 11) is -0.440. The van der Waals surface area contributed by atoms with Gasteiger partial charge in [-0.2, -0.15) is 0 Å². The van der Waals surface area contributed by atoms with Crippen molar-refractivity contribution in [2.45, 2.75) is 45.7 Å². The molecule has 1 atom stereocenters. The standard InChI is InChI=1S/C26H37N3O6S/c1-6-24(26(31)27-7-2)28(19-20-10-14-22(34-3)15-11-20)25(30)9-8-18-29(36(5,32)33)21-12-16-23(35-4)17-13-21/h10-17,24H,6-9,18-19H2,1-5H3,(H,27,31)/t24-/m1/s1. The zero-order valence-electron chi connectivity index (χ0n) is 21.7. The molecule has 0 radical (unpaired) electrons. The van der Waals surface area contributed by atoms with Gasteiger partial charge < -0.3 is 19.7 Å². The number of carbonyl (C=O) groups excluding carboxylic acids is 2. The van der Waals surface area contributed by atoms with Crippen LogP contribution in [0.1, 0.15) is 38.7 Å². The van der Waals surface area contributed by atoms with Crippen molar-refractivity contribution in [2.75, 3.05) is 37.9 Å². The van der Waals surface area contributed by atoms with E-state index < -0.39 is 16.1 Å². The summed E-state index contributed by atoms with van der Waals surface area (Å²) in [6, 6.07) is 13.4. The normalized spacial score (nSPS) is 11.9. The smallest absolute Gasteiger partial charge is 0.242 e. The lowest BCUT2D eigenvalue weighted by Gasteiger charge is -2.31. The number of anilines is 1. The molecule has 0 unspecified atom stereocenters. The molecule has 198 valence electrons. The van der Waals surface area contributed by atoms with Gasteiger partial charge in [0.1, 0.15) is 17.5 Å². The minimum absolute atomic E-state index is 0.0915. The van der Waals surface area contributed by atoms with Crippen LogP contribution in [0.3, 0.4) is 0 Å². The molecule has 1 N–H and O–H groups in total. The van der Waals surface area contributed by atoms with Crippen molar-refractivity contribution in [1.82, 2.24) is 10.2 Å². The first-order valence-electron chi connectivity index (χ1n) is 12.0. The lowest BCUT2D eigenvalue weighted by atomic mass is 10.1. The molecule has 2 rings (SSSR count). The molecule has 10 heteroatoms. The molecule has 0 aliphatic heterocycles. The van der Waals surface area contributed by atoms with E-state index in [1.54, 1.807) is 36.3 Å². The average Bonchev–Trinajstić information content (AvgIpc) is 2.86. The Bertz CT molecular complexity index is 1090. The summed E-state index contributed by atoms with van der Waals surface area (Å²) < 4.78 is 36.5. The molecule has 2 aromatic carbocycles. The van der Waals surface area contributed by atoms with E-state index >= 15 is 0 Å². The fourth-order valence-corrected chi connectivity index (χ4v) is 4.86. The molecule has 2 aromatic rings. The fraction of sp³-hybridized carbons (Fsp3) is 0.462. The summed E-state index contributed by atoms with van der Waals surface area (Å²) in [5.41, 5.74) is 1.36. The van der Waals surface area contributed by atoms with Gasteiger partial charge in [-0.25, -0.2) is 8.42 Å². The van der Waals surface area contributed by atoms with Gasteiger partial charge in [0, 0.05) is 26.1 Å². The largest absolute Gasteiger partial charge is 0.497 e. The maximum atomic E-state index is 13.4. The second kappa shape index (κ2) is 13.7. The van der Waals surface area contributed by atoms with Crippen molar-refractivity contribution in [3.05, 3.63) is 54.1 Å². The maximum Gasteiger partial charge on any atom is 0.242 e. The molecule has 9 nitrogen and oxygen atoms in total. The molecule has 0 saturated carbocycles. The van der Waals surface area contributed by atoms with Crippen molar-refractivity contribution in [2.24, 2.45) is 0 Å². The first-order chi connectivity index (χ1) is 17.1. The predicted molar refractivity (Wildman–Crippen MR) is 141 cm³/mol. The van der Waals surface area contributed by atoms with Crippen molar-refractivity contribution in [3.8, 4) is 11.5 Å². The third-order valence-electron chi connectivity index (χ3n) is 5.76. The highest BCUT2D eigenvalue weighted by Crippen LogP contribution is 2.23. The molecule has 36 heavy (non-hydrogen) atoms. The third-order valence-corrected chi connectivity index (χ3v) is 6.96. The zero-order valence-corrected chi connectivity index (χ0v) is 22.5. The van der Waals surface area contributed by atoms with Crippen LogP contribution in [0.2, 0.25) is 0 Å². The highest BCUT2D eigenvalue weighted by molar-refractivity contribution is 7.92. The Morgan fingerprint density at radius 3 is 1.97 bits per heavy atom. The van der Waals surface area contributed by atoms with Crippen LogP contribution in [0, 0.1) is 0 Å². The van der Waals surface area contributed by atoms with Crippen LogP contribution in [0.4, 0.5) is 5.69 Å². The molecule has 0 fully saturated rings. The number of rotatable bonds is 14. The number of ether oxygens (including phenoxy) is 2. The van der Waals surface area contributed by atoms with Gasteiger partial charge in [0.25, 0.3) is 0 Å². The molecule has 0 saturated heterocycles. The number of amides is 2. The lowest BCUT2D eigenvalue weighted by molar-refractivity contribution is -0.141. The summed E-state index contributed by atoms with van der Waals surface area (Å²) in [4.78, 5) is 27.7. The first-order valence-corrected chi connectivity index (χ1v) is 13.8. The maximum absolute atomic E-state index is 13.4. The number of carbonyl (C=O) groups is 2. The number of methoxy groups -OCH3 is 2. The second-order valence-corrected chi connectivity index (χ2v) is 10.2. The molecular formula is C26H37N3O6S. The molecule has 0 aromatic heterocycles. The van der Waals surface area contributed by atoms with Crippen molar-refractivity contribution >= 4 is 27.5 Å². The molecule has 0 spiro atoms. The van der Waals surface area contributed by atoms with Crippen LogP contribution < -0.4 is 19.1 Å². The van der Waals surface area contributed by atoms with Gasteiger partial charge in [-0.15, -0.1) is 0 Å². The number of nitrogens with one attached hydrogen (secondary N) is 1. The summed E-state index contributed by atoms with van der Waals surface area (Å²) in [6.45, 7) is 4.55. The van der Waals surface area contributed by atoms with E-state index in [2.05, 4.69) is 5.32 Å². The minimum Gasteiger partial charge on any atom is -0.497 e. The number of nitrogens with zero attached hydrogens (tertiary/aromatic N) is 2. The van der Waals surface area contributed by atoms with Gasteiger partial charge in [0.15, 0.2) is 0 Å². The van der Waals surface area contributed by atoms with E-state index in [0.717, 1.165) is 11.8 Å². The molecule has 0 aliphatic rings. The third kappa shape index (κ3) is 8.15. The number of hydrogen-bond acceptors (Lipinski definition) is 6. The van der Waals surface area contributed by atoms with E-state index in [1.807, 2.05) is 38.1 Å². The number of hydrogen-bond donors (Lipinski definition) is 1. The van der Waals surface area contributed by atoms with Gasteiger partial charge in [-0.1, -0.05) is 19.1 Å². The fourth-order valence-electron chi connectivity index (χ4n) is 3.89. The number of benzene rings is 2. The zero-order chi connectivity index (χ0) is 26.7. The van der Waals surface area contributed by atoms with Crippen LogP contribution in [0.15, 0.2) is 48.5 Å². The minimum atomic E-state index is -3.56. The summed E-state index contributed by atoms with van der Waals surface area (Å²) in [6.07, 6.45) is 1.98. The molecule has 0 aliphatic carbocycles. The Morgan fingerprint density at radius 1 is 0.944 bits per heavy atom. The highest BCUT2D eigenvalue weighted by atomic mass is 32.2. The van der Waals surface area contributed by atoms with E-state index in [0.29, 0.717) is 36.6 Å². The number of likely N-dealkylation sites (N-methyl/N-ethyl adjacent to an activating group) is 1. The molecule has 2 amide bonds. The highest BCUT2D eigenvalue weighted by Gasteiger charge is 2.28. The van der Waals surface area contributed by atoms with Crippen LogP contribution in [-0.2, 0) is 26.2 Å². The van der Waals surface area contributed by atoms with Crippen LogP contribution in [-0.4, -0.2) is 64.7 Å². The molecular weight excluding hydrogens is 482 g/mol. The van der Waals surface area contributed by atoms with E-state index in [9.17, 15) is 18.0 Å². The quantitative estimate of drug-likeness (QED) is 0.411. The summed E-state index contributed by atoms with van der Waals surface area (Å²) in [5, 5.41) is 2.81. The van der Waals surface area contributed by atoms with E-state index in [4.69, 9.17) is 9.47 Å². The average molecular weight is 520 g/mol. The van der Waals surface area contributed by atoms with Crippen molar-refractivity contribution in [1.29, 1.82) is 0 Å². The van der Waals surface area contributed by atoms with Crippen LogP contribution in [0.5, 0.6) is 11.5 Å². The van der Waals surface area contributed by atoms with Gasteiger partial charge >= 0.3 is 0 Å². The molecule has 0 bridgehead atoms. The van der Waals surface area contributed by atoms with E-state index in [-0.39, 0.29) is 31.3 Å². The van der Waals surface area contributed by atoms with Crippen molar-refractivity contribution in [3.63, 3.8) is 0 Å². The second-order valence-electron chi connectivity index (χ2n) is 8.33. The predicted octanol–water partition coefficient (Wildman–Crippen LogP) is 3.19. The van der Waals surface area contributed by atoms with Gasteiger partial charge in [0.05, 0.1) is 26.2 Å². The summed E-state index contributed by atoms with van der Waals surface area (Å²) >= 11 is 0. The van der Waals surface area contributed by atoms with Gasteiger partial charge in [0.2, 0.25) is 21.8 Å². The summed E-state index contributed by atoms with van der Waals surface area (Å²) in [5.74, 6) is 0.893. The topological polar surface area (TPSA) is 105 Å². The monoisotopic (exact) mass is 519 g/mol. The number of sulfonamides is 1. The van der Waals surface area contributed by atoms with Gasteiger partial charge in [-0.3, -0.25) is 13.9 Å². The Labute approximate surface area is 214 Å². The van der Waals surface area contributed by atoms with E-state index in [1.165, 1.54) is 11.4 Å². The van der Waals surface area contributed by atoms with Gasteiger partial charge in [-0.05, 0) is 61.7 Å².